The fourth-order valence-electron chi connectivity index (χ4n) is 3.85. The summed E-state index contributed by atoms with van der Waals surface area (Å²) in [6.45, 7) is -1.09. The number of hydrogen-bond acceptors (Lipinski definition) is 9. The van der Waals surface area contributed by atoms with Gasteiger partial charge in [-0.3, -0.25) is 14.6 Å². The lowest BCUT2D eigenvalue weighted by Crippen LogP contribution is -2.48. The number of carboxylic acids is 1. The van der Waals surface area contributed by atoms with Crippen LogP contribution in [0.4, 0.5) is 14.4 Å². The van der Waals surface area contributed by atoms with E-state index in [1.807, 2.05) is 6.07 Å². The Balaban J connectivity index is 1.63. The van der Waals surface area contributed by atoms with Crippen LogP contribution in [-0.2, 0) is 43.6 Å². The molecule has 5 N–H and O–H groups in total. The van der Waals surface area contributed by atoms with Crippen LogP contribution in [0.1, 0.15) is 29.5 Å². The highest BCUT2D eigenvalue weighted by Gasteiger charge is 2.29. The number of aliphatic carboxylic acids is 1. The number of hydrogen-bond donors (Lipinski definition) is 4. The predicted molar refractivity (Wildman–Crippen MR) is 165 cm³/mol. The van der Waals surface area contributed by atoms with E-state index < -0.39 is 48.7 Å². The zero-order valence-corrected chi connectivity index (χ0v) is 24.9. The van der Waals surface area contributed by atoms with Crippen LogP contribution in [0.5, 0.6) is 0 Å². The average molecular weight is 634 g/mol. The van der Waals surface area contributed by atoms with E-state index in [0.717, 1.165) is 5.56 Å². The van der Waals surface area contributed by atoms with Crippen molar-refractivity contribution < 1.29 is 43.3 Å². The topological polar surface area (TPSA) is 199 Å². The molecule has 4 amide bonds. The number of ether oxygens (including phenoxy) is 3. The molecule has 14 nitrogen and oxygen atoms in total. The van der Waals surface area contributed by atoms with Crippen LogP contribution in [0.3, 0.4) is 0 Å². The molecule has 1 atom stereocenters. The Morgan fingerprint density at radius 2 is 1.20 bits per heavy atom. The van der Waals surface area contributed by atoms with Gasteiger partial charge >= 0.3 is 24.2 Å². The number of amides is 4. The molecule has 46 heavy (non-hydrogen) atoms. The lowest BCUT2D eigenvalue weighted by atomic mass is 10.1. The van der Waals surface area contributed by atoms with E-state index in [-0.39, 0.29) is 39.2 Å². The molecule has 0 saturated heterocycles. The van der Waals surface area contributed by atoms with Crippen molar-refractivity contribution in [3.05, 3.63) is 108 Å². The zero-order chi connectivity index (χ0) is 33.1. The van der Waals surface area contributed by atoms with Gasteiger partial charge < -0.3 is 35.7 Å². The standard InChI is InChI=1S/C32H35N5O9/c33-29(37(31(42)45-21-24-13-6-2-7-14-24)32(43)46-22-25-15-8-3-9-16-25)34-18-10-17-26(28(40)35-19-27(38)39)36-30(41)44-20-23-11-4-1-5-12-23/h1-9,11-16,26H,10,17-22H2,(H2,33,34)(H,35,40)(H,36,41)(H,38,39)/t26-/m1/s1. The molecular weight excluding hydrogens is 598 g/mol. The second kappa shape index (κ2) is 18.7. The molecule has 14 heteroatoms. The molecule has 0 aliphatic heterocycles. The third kappa shape index (κ3) is 12.4. The number of rotatable bonds is 14. The van der Waals surface area contributed by atoms with E-state index in [2.05, 4.69) is 15.6 Å². The smallest absolute Gasteiger partial charge is 0.426 e. The van der Waals surface area contributed by atoms with E-state index in [4.69, 9.17) is 25.1 Å². The van der Waals surface area contributed by atoms with Gasteiger partial charge in [-0.2, -0.15) is 0 Å². The summed E-state index contributed by atoms with van der Waals surface area (Å²) in [5, 5.41) is 13.6. The Morgan fingerprint density at radius 3 is 1.65 bits per heavy atom. The normalized spacial score (nSPS) is 11.4. The first-order valence-electron chi connectivity index (χ1n) is 14.2. The summed E-state index contributed by atoms with van der Waals surface area (Å²) in [5.41, 5.74) is 8.10. The van der Waals surface area contributed by atoms with Crippen LogP contribution in [0.2, 0.25) is 0 Å². The van der Waals surface area contributed by atoms with Gasteiger partial charge in [0.15, 0.2) is 0 Å². The maximum absolute atomic E-state index is 12.9. The molecule has 3 aromatic carbocycles. The molecule has 242 valence electrons. The van der Waals surface area contributed by atoms with Crippen molar-refractivity contribution in [1.82, 2.24) is 15.5 Å². The molecular formula is C32H35N5O9. The quantitative estimate of drug-likeness (QED) is 0.0881. The van der Waals surface area contributed by atoms with Gasteiger partial charge in [-0.15, -0.1) is 4.90 Å². The molecule has 0 fully saturated rings. The maximum Gasteiger partial charge on any atom is 0.426 e. The van der Waals surface area contributed by atoms with Crippen LogP contribution in [0.25, 0.3) is 0 Å². The number of nitrogens with two attached hydrogens (primary N) is 1. The van der Waals surface area contributed by atoms with Crippen LogP contribution in [0, 0.1) is 0 Å². The van der Waals surface area contributed by atoms with Crippen molar-refractivity contribution in [3.8, 4) is 0 Å². The Labute approximate surface area is 265 Å². The van der Waals surface area contributed by atoms with Crippen molar-refractivity contribution in [1.29, 1.82) is 0 Å². The number of aliphatic imine (C=N–C) groups is 1. The van der Waals surface area contributed by atoms with Crippen molar-refractivity contribution >= 4 is 36.1 Å². The first-order chi connectivity index (χ1) is 22.2. The molecule has 0 saturated carbocycles. The van der Waals surface area contributed by atoms with Gasteiger partial charge in [0.25, 0.3) is 0 Å². The predicted octanol–water partition coefficient (Wildman–Crippen LogP) is 3.55. The minimum absolute atomic E-state index is 0.0143. The minimum Gasteiger partial charge on any atom is -0.480 e. The highest BCUT2D eigenvalue weighted by atomic mass is 16.6. The monoisotopic (exact) mass is 633 g/mol. The number of benzene rings is 3. The number of nitrogens with one attached hydrogen (secondary N) is 2. The van der Waals surface area contributed by atoms with Gasteiger partial charge in [-0.25, -0.2) is 14.4 Å². The fraction of sp³-hybridized carbons (Fsp3) is 0.250. The van der Waals surface area contributed by atoms with Crippen molar-refractivity contribution in [2.24, 2.45) is 10.7 Å². The van der Waals surface area contributed by atoms with Gasteiger partial charge in [-0.05, 0) is 29.5 Å². The highest BCUT2D eigenvalue weighted by Crippen LogP contribution is 2.09. The van der Waals surface area contributed by atoms with E-state index in [1.54, 1.807) is 84.9 Å². The third-order valence-corrected chi connectivity index (χ3v) is 6.16. The second-order valence-electron chi connectivity index (χ2n) is 9.67. The summed E-state index contributed by atoms with van der Waals surface area (Å²) in [7, 11) is 0. The lowest BCUT2D eigenvalue weighted by molar-refractivity contribution is -0.138. The molecule has 3 aromatic rings. The van der Waals surface area contributed by atoms with Gasteiger partial charge in [0.05, 0.1) is 0 Å². The Kier molecular flexibility index (Phi) is 14.0. The van der Waals surface area contributed by atoms with Gasteiger partial charge in [0, 0.05) is 6.54 Å². The molecule has 0 radical (unpaired) electrons. The van der Waals surface area contributed by atoms with Gasteiger partial charge in [-0.1, -0.05) is 91.0 Å². The van der Waals surface area contributed by atoms with E-state index in [0.29, 0.717) is 16.0 Å². The summed E-state index contributed by atoms with van der Waals surface area (Å²) in [6.07, 6.45) is -3.01. The molecule has 3 rings (SSSR count). The lowest BCUT2D eigenvalue weighted by Gasteiger charge is -2.20. The number of alkyl carbamates (subject to hydrolysis) is 1. The largest absolute Gasteiger partial charge is 0.480 e. The Hall–Kier alpha value is -5.92. The molecule has 0 bridgehead atoms. The van der Waals surface area contributed by atoms with Crippen molar-refractivity contribution in [2.75, 3.05) is 13.1 Å². The maximum atomic E-state index is 12.9. The van der Waals surface area contributed by atoms with E-state index in [1.165, 1.54) is 0 Å². The SMILES string of the molecule is NC(=NCCC[C@@H](NC(=O)OCc1ccccc1)C(=O)NCC(=O)O)N(C(=O)OCc1ccccc1)C(=O)OCc1ccccc1. The third-order valence-electron chi connectivity index (χ3n) is 6.16. The molecule has 0 heterocycles. The van der Waals surface area contributed by atoms with Crippen molar-refractivity contribution in [3.63, 3.8) is 0 Å². The van der Waals surface area contributed by atoms with E-state index >= 15 is 0 Å². The summed E-state index contributed by atoms with van der Waals surface area (Å²) in [4.78, 5) is 66.4. The van der Waals surface area contributed by atoms with Crippen LogP contribution < -0.4 is 16.4 Å². The highest BCUT2D eigenvalue weighted by molar-refractivity contribution is 6.07. The van der Waals surface area contributed by atoms with Crippen LogP contribution in [0.15, 0.2) is 96.0 Å². The number of imide groups is 1. The Morgan fingerprint density at radius 1 is 0.739 bits per heavy atom. The van der Waals surface area contributed by atoms with Crippen LogP contribution >= 0.6 is 0 Å². The van der Waals surface area contributed by atoms with E-state index in [9.17, 15) is 24.0 Å². The fourth-order valence-corrected chi connectivity index (χ4v) is 3.85. The Bertz CT molecular complexity index is 1420. The summed E-state index contributed by atoms with van der Waals surface area (Å²) in [6, 6.07) is 25.3. The molecule has 0 aliphatic rings. The molecule has 0 aromatic heterocycles. The number of guanidine groups is 1. The van der Waals surface area contributed by atoms with Crippen LogP contribution in [-0.4, -0.2) is 65.3 Å². The first kappa shape index (κ1) is 34.6. The zero-order valence-electron chi connectivity index (χ0n) is 24.9. The molecule has 0 spiro atoms. The van der Waals surface area contributed by atoms with Crippen molar-refractivity contribution in [2.45, 2.75) is 38.7 Å². The second-order valence-corrected chi connectivity index (χ2v) is 9.67. The number of carbonyl (C=O) groups is 5. The average Bonchev–Trinajstić information content (AvgIpc) is 3.07. The minimum atomic E-state index is -1.27. The number of nitrogens with zero attached hydrogens (tertiary/aromatic N) is 2. The number of carboxylic acid groups (broad SMARTS) is 1. The van der Waals surface area contributed by atoms with Gasteiger partial charge in [0.1, 0.15) is 32.4 Å². The summed E-state index contributed by atoms with van der Waals surface area (Å²) in [5.74, 6) is -2.54. The summed E-state index contributed by atoms with van der Waals surface area (Å²) < 4.78 is 15.7. The molecule has 0 unspecified atom stereocenters. The molecule has 0 aliphatic carbocycles. The summed E-state index contributed by atoms with van der Waals surface area (Å²) >= 11 is 0. The van der Waals surface area contributed by atoms with Gasteiger partial charge in [0.2, 0.25) is 11.9 Å². The number of carbonyl (C=O) groups excluding carboxylic acids is 4. The first-order valence-corrected chi connectivity index (χ1v) is 14.2.